The lowest BCUT2D eigenvalue weighted by molar-refractivity contribution is -0.147. The van der Waals surface area contributed by atoms with Gasteiger partial charge in [0, 0.05) is 17.9 Å². The third-order valence-electron chi connectivity index (χ3n) is 9.84. The molecule has 1 N–H and O–H groups in total. The van der Waals surface area contributed by atoms with Gasteiger partial charge in [-0.15, -0.1) is 6.58 Å². The van der Waals surface area contributed by atoms with Crippen LogP contribution in [0.15, 0.2) is 24.5 Å². The van der Waals surface area contributed by atoms with Crippen LogP contribution in [0.3, 0.4) is 0 Å². The highest BCUT2D eigenvalue weighted by Crippen LogP contribution is 2.44. The number of rotatable bonds is 18. The Balaban J connectivity index is 1.66. The van der Waals surface area contributed by atoms with E-state index in [9.17, 15) is 9.90 Å². The summed E-state index contributed by atoms with van der Waals surface area (Å²) in [7, 11) is 0. The first kappa shape index (κ1) is 32.9. The van der Waals surface area contributed by atoms with Crippen molar-refractivity contribution in [2.45, 2.75) is 130 Å². The van der Waals surface area contributed by atoms with E-state index < -0.39 is 5.97 Å². The molecule has 0 saturated heterocycles. The predicted molar refractivity (Wildman–Crippen MR) is 159 cm³/mol. The molecule has 0 aliphatic heterocycles. The second-order valence-corrected chi connectivity index (χ2v) is 13.3. The van der Waals surface area contributed by atoms with E-state index in [0.29, 0.717) is 13.0 Å². The smallest absolute Gasteiger partial charge is 0.372 e. The van der Waals surface area contributed by atoms with E-state index in [1.807, 2.05) is 6.92 Å². The normalized spacial score (nSPS) is 26.2. The molecule has 2 atom stereocenters. The van der Waals surface area contributed by atoms with E-state index in [4.69, 9.17) is 9.47 Å². The summed E-state index contributed by atoms with van der Waals surface area (Å²) in [5, 5.41) is 9.49. The van der Waals surface area contributed by atoms with Gasteiger partial charge in [-0.05, 0) is 88.5 Å². The maximum absolute atomic E-state index is 12.5. The molecule has 2 saturated carbocycles. The number of unbranched alkanes of at least 4 members (excludes halogenated alkanes) is 2. The number of hydrogen-bond acceptors (Lipinski definition) is 4. The molecule has 2 aliphatic rings. The van der Waals surface area contributed by atoms with Crippen LogP contribution in [0.2, 0.25) is 0 Å². The molecular formula is C34H60O4. The fourth-order valence-electron chi connectivity index (χ4n) is 6.75. The molecule has 0 heterocycles. The molecule has 220 valence electrons. The zero-order valence-electron chi connectivity index (χ0n) is 25.4. The number of ether oxygens (including phenoxy) is 2. The van der Waals surface area contributed by atoms with Crippen molar-refractivity contribution < 1.29 is 19.4 Å². The van der Waals surface area contributed by atoms with Gasteiger partial charge in [-0.3, -0.25) is 0 Å². The molecule has 4 heteroatoms. The third kappa shape index (κ3) is 11.8. The Kier molecular flexibility index (Phi) is 15.1. The molecular weight excluding hydrogens is 472 g/mol. The Morgan fingerprint density at radius 3 is 2.00 bits per heavy atom. The number of allylic oxidation sites excluding steroid dienone is 1. The first-order valence-electron chi connectivity index (χ1n) is 15.9. The molecule has 0 spiro atoms. The van der Waals surface area contributed by atoms with Crippen LogP contribution in [0.25, 0.3) is 0 Å². The largest absolute Gasteiger partial charge is 0.487 e. The van der Waals surface area contributed by atoms with Crippen molar-refractivity contribution >= 4 is 5.97 Å². The molecule has 2 unspecified atom stereocenters. The maximum atomic E-state index is 12.5. The highest BCUT2D eigenvalue weighted by atomic mass is 16.6. The summed E-state index contributed by atoms with van der Waals surface area (Å²) in [6.07, 6.45) is 21.2. The Morgan fingerprint density at radius 2 is 1.50 bits per heavy atom. The molecule has 2 fully saturated rings. The molecule has 0 aromatic rings. The summed E-state index contributed by atoms with van der Waals surface area (Å²) in [6.45, 7) is 16.9. The van der Waals surface area contributed by atoms with Crippen molar-refractivity contribution in [3.8, 4) is 0 Å². The average molecular weight is 533 g/mol. The number of aliphatic hydroxyl groups excluding tert-OH is 1. The maximum Gasteiger partial charge on any atom is 0.372 e. The van der Waals surface area contributed by atoms with Gasteiger partial charge in [0.25, 0.3) is 0 Å². The van der Waals surface area contributed by atoms with Crippen LogP contribution in [0.4, 0.5) is 0 Å². The van der Waals surface area contributed by atoms with Crippen LogP contribution in [-0.2, 0) is 14.3 Å². The molecule has 0 aromatic carbocycles. The predicted octanol–water partition coefficient (Wildman–Crippen LogP) is 9.02. The first-order valence-corrected chi connectivity index (χ1v) is 15.9. The van der Waals surface area contributed by atoms with E-state index in [1.54, 1.807) is 0 Å². The number of carbonyl (C=O) groups excluding carboxylic acids is 1. The molecule has 0 amide bonds. The highest BCUT2D eigenvalue weighted by Gasteiger charge is 2.32. The van der Waals surface area contributed by atoms with Gasteiger partial charge in [-0.1, -0.05) is 77.7 Å². The van der Waals surface area contributed by atoms with Gasteiger partial charge in [-0.25, -0.2) is 4.79 Å². The lowest BCUT2D eigenvalue weighted by atomic mass is 9.67. The Bertz CT molecular complexity index is 699. The zero-order chi connectivity index (χ0) is 28.0. The first-order chi connectivity index (χ1) is 18.2. The second-order valence-electron chi connectivity index (χ2n) is 13.3. The lowest BCUT2D eigenvalue weighted by Gasteiger charge is -2.38. The van der Waals surface area contributed by atoms with Gasteiger partial charge in [-0.2, -0.15) is 0 Å². The van der Waals surface area contributed by atoms with Crippen molar-refractivity contribution in [3.05, 3.63) is 24.5 Å². The van der Waals surface area contributed by atoms with Crippen molar-refractivity contribution in [1.29, 1.82) is 0 Å². The van der Waals surface area contributed by atoms with Gasteiger partial charge < -0.3 is 14.6 Å². The molecule has 2 aliphatic carbocycles. The van der Waals surface area contributed by atoms with Crippen LogP contribution < -0.4 is 0 Å². The van der Waals surface area contributed by atoms with Crippen molar-refractivity contribution in [2.75, 3.05) is 19.8 Å². The minimum absolute atomic E-state index is 0.00868. The Labute approximate surface area is 235 Å². The van der Waals surface area contributed by atoms with E-state index in [0.717, 1.165) is 42.1 Å². The molecule has 4 nitrogen and oxygen atoms in total. The van der Waals surface area contributed by atoms with E-state index in [2.05, 4.69) is 33.9 Å². The molecule has 2 rings (SSSR count). The number of carbonyl (C=O) groups is 1. The highest BCUT2D eigenvalue weighted by molar-refractivity contribution is 5.85. The number of esters is 1. The van der Waals surface area contributed by atoms with E-state index >= 15 is 0 Å². The minimum Gasteiger partial charge on any atom is -0.487 e. The van der Waals surface area contributed by atoms with Crippen molar-refractivity contribution in [2.24, 2.45) is 35.0 Å². The van der Waals surface area contributed by atoms with Crippen molar-refractivity contribution in [1.82, 2.24) is 0 Å². The summed E-state index contributed by atoms with van der Waals surface area (Å²) in [4.78, 5) is 12.5. The summed E-state index contributed by atoms with van der Waals surface area (Å²) in [6, 6.07) is 0. The zero-order valence-corrected chi connectivity index (χ0v) is 25.4. The van der Waals surface area contributed by atoms with Crippen LogP contribution >= 0.6 is 0 Å². The number of hydrogen-bond donors (Lipinski definition) is 1. The quantitative estimate of drug-likeness (QED) is 0.0629. The molecule has 38 heavy (non-hydrogen) atoms. The summed E-state index contributed by atoms with van der Waals surface area (Å²) >= 11 is 0. The molecule has 0 aromatic heterocycles. The van der Waals surface area contributed by atoms with Crippen LogP contribution in [0, 0.1) is 35.0 Å². The van der Waals surface area contributed by atoms with Gasteiger partial charge in [0.2, 0.25) is 0 Å². The van der Waals surface area contributed by atoms with Gasteiger partial charge in [0.15, 0.2) is 5.76 Å². The van der Waals surface area contributed by atoms with Crippen molar-refractivity contribution in [3.63, 3.8) is 0 Å². The lowest BCUT2D eigenvalue weighted by Crippen LogP contribution is -2.28. The Morgan fingerprint density at radius 1 is 0.921 bits per heavy atom. The molecule has 0 bridgehead atoms. The summed E-state index contributed by atoms with van der Waals surface area (Å²) in [5.41, 5.74) is 0.963. The summed E-state index contributed by atoms with van der Waals surface area (Å²) < 4.78 is 11.2. The van der Waals surface area contributed by atoms with Gasteiger partial charge in [0.05, 0.1) is 13.2 Å². The van der Waals surface area contributed by atoms with Gasteiger partial charge >= 0.3 is 5.97 Å². The Hall–Kier alpha value is -1.29. The van der Waals surface area contributed by atoms with E-state index in [1.165, 1.54) is 83.5 Å². The standard InChI is InChI=1S/C34H60O4/c1-7-9-10-11-28-12-16-31(17-13-28)32-18-14-29(15-19-32)20-21-34(6,8-2)25-38-33(36)27(5)37-24-30(23-35)22-26(3)4/h28-32,35H,3,5,7-25H2,1-2,4,6H3. The topological polar surface area (TPSA) is 55.8 Å². The van der Waals surface area contributed by atoms with Crippen LogP contribution in [0.5, 0.6) is 0 Å². The monoisotopic (exact) mass is 532 g/mol. The third-order valence-corrected chi connectivity index (χ3v) is 9.84. The van der Waals surface area contributed by atoms with E-state index in [-0.39, 0.29) is 30.3 Å². The SMILES string of the molecule is C=C(C)CC(CO)COC(=C)C(=O)OCC(C)(CC)CCC1CCC(C2CCC(CCCCC)CC2)CC1. The second kappa shape index (κ2) is 17.4. The minimum atomic E-state index is -0.489. The summed E-state index contributed by atoms with van der Waals surface area (Å²) in [5.74, 6) is 3.24. The fraction of sp³-hybridized carbons (Fsp3) is 0.853. The van der Waals surface area contributed by atoms with Crippen LogP contribution in [-0.4, -0.2) is 30.9 Å². The molecule has 0 radical (unpaired) electrons. The fourth-order valence-corrected chi connectivity index (χ4v) is 6.75. The van der Waals surface area contributed by atoms with Crippen LogP contribution in [0.1, 0.15) is 130 Å². The average Bonchev–Trinajstić information content (AvgIpc) is 2.93. The number of aliphatic hydroxyl groups is 1. The van der Waals surface area contributed by atoms with Gasteiger partial charge in [0.1, 0.15) is 0 Å².